The van der Waals surface area contributed by atoms with E-state index < -0.39 is 0 Å². The largest absolute Gasteiger partial charge is 0.252 e. The summed E-state index contributed by atoms with van der Waals surface area (Å²) in [5, 5.41) is 4.28. The third kappa shape index (κ3) is 1.36. The van der Waals surface area contributed by atoms with Gasteiger partial charge in [-0.15, -0.1) is 0 Å². The standard InChI is InChI=1S/C14H10ClN/c1-9-11-4-2-3-5-12(11)13-8-10(15)6-7-14(13)16-9/h2-8H,1H3. The second-order valence-corrected chi connectivity index (χ2v) is 4.34. The van der Waals surface area contributed by atoms with Crippen molar-refractivity contribution in [2.75, 3.05) is 0 Å². The van der Waals surface area contributed by atoms with Crippen molar-refractivity contribution in [1.82, 2.24) is 4.98 Å². The molecule has 0 saturated heterocycles. The van der Waals surface area contributed by atoms with Gasteiger partial charge in [-0.25, -0.2) is 0 Å². The average molecular weight is 228 g/mol. The van der Waals surface area contributed by atoms with Gasteiger partial charge in [-0.3, -0.25) is 4.98 Å². The van der Waals surface area contributed by atoms with Crippen LogP contribution in [0.15, 0.2) is 42.5 Å². The molecule has 0 aliphatic heterocycles. The van der Waals surface area contributed by atoms with Crippen LogP contribution in [0.2, 0.25) is 5.02 Å². The first kappa shape index (κ1) is 9.61. The number of aryl methyl sites for hydroxylation is 1. The van der Waals surface area contributed by atoms with E-state index in [1.165, 1.54) is 10.8 Å². The maximum absolute atomic E-state index is 6.03. The van der Waals surface area contributed by atoms with E-state index >= 15 is 0 Å². The van der Waals surface area contributed by atoms with Gasteiger partial charge in [0.05, 0.1) is 5.52 Å². The maximum atomic E-state index is 6.03. The fraction of sp³-hybridized carbons (Fsp3) is 0.0714. The van der Waals surface area contributed by atoms with Crippen molar-refractivity contribution >= 4 is 33.3 Å². The van der Waals surface area contributed by atoms with Crippen molar-refractivity contribution in [2.24, 2.45) is 0 Å². The molecule has 2 aromatic carbocycles. The average Bonchev–Trinajstić information content (AvgIpc) is 2.31. The molecule has 0 fully saturated rings. The molecule has 0 unspecified atom stereocenters. The molecule has 0 bridgehead atoms. The van der Waals surface area contributed by atoms with E-state index in [-0.39, 0.29) is 0 Å². The lowest BCUT2D eigenvalue weighted by atomic mass is 10.0. The lowest BCUT2D eigenvalue weighted by Crippen LogP contribution is -1.87. The molecule has 0 saturated carbocycles. The molecule has 0 N–H and O–H groups in total. The minimum Gasteiger partial charge on any atom is -0.252 e. The Bertz CT molecular complexity index is 689. The van der Waals surface area contributed by atoms with Gasteiger partial charge in [0, 0.05) is 21.5 Å². The predicted octanol–water partition coefficient (Wildman–Crippen LogP) is 4.35. The molecule has 0 aliphatic carbocycles. The smallest absolute Gasteiger partial charge is 0.0712 e. The van der Waals surface area contributed by atoms with Crippen LogP contribution >= 0.6 is 11.6 Å². The number of nitrogens with zero attached hydrogens (tertiary/aromatic N) is 1. The van der Waals surface area contributed by atoms with Gasteiger partial charge in [-0.2, -0.15) is 0 Å². The summed E-state index contributed by atoms with van der Waals surface area (Å²) in [7, 11) is 0. The topological polar surface area (TPSA) is 12.9 Å². The zero-order chi connectivity index (χ0) is 11.1. The first-order valence-electron chi connectivity index (χ1n) is 5.20. The van der Waals surface area contributed by atoms with Gasteiger partial charge in [0.25, 0.3) is 0 Å². The van der Waals surface area contributed by atoms with Gasteiger partial charge in [-0.05, 0) is 30.5 Å². The molecule has 3 rings (SSSR count). The highest BCUT2D eigenvalue weighted by Crippen LogP contribution is 2.27. The molecule has 0 aliphatic rings. The van der Waals surface area contributed by atoms with Crippen LogP contribution in [0.3, 0.4) is 0 Å². The quantitative estimate of drug-likeness (QED) is 0.521. The molecule has 2 heteroatoms. The van der Waals surface area contributed by atoms with Crippen LogP contribution in [0.25, 0.3) is 21.7 Å². The number of fused-ring (bicyclic) bond motifs is 3. The van der Waals surface area contributed by atoms with E-state index in [1.54, 1.807) is 0 Å². The van der Waals surface area contributed by atoms with Crippen molar-refractivity contribution in [3.8, 4) is 0 Å². The van der Waals surface area contributed by atoms with Crippen molar-refractivity contribution in [3.63, 3.8) is 0 Å². The van der Waals surface area contributed by atoms with E-state index in [1.807, 2.05) is 37.3 Å². The lowest BCUT2D eigenvalue weighted by molar-refractivity contribution is 1.29. The molecular formula is C14H10ClN. The number of hydrogen-bond acceptors (Lipinski definition) is 1. The summed E-state index contributed by atoms with van der Waals surface area (Å²) in [5.74, 6) is 0. The van der Waals surface area contributed by atoms with Crippen LogP contribution < -0.4 is 0 Å². The monoisotopic (exact) mass is 227 g/mol. The highest BCUT2D eigenvalue weighted by atomic mass is 35.5. The van der Waals surface area contributed by atoms with Gasteiger partial charge >= 0.3 is 0 Å². The fourth-order valence-electron chi connectivity index (χ4n) is 2.10. The van der Waals surface area contributed by atoms with Gasteiger partial charge in [-0.1, -0.05) is 35.9 Å². The zero-order valence-electron chi connectivity index (χ0n) is 8.87. The molecule has 0 radical (unpaired) electrons. The number of benzene rings is 2. The van der Waals surface area contributed by atoms with Gasteiger partial charge in [0.15, 0.2) is 0 Å². The molecule has 0 atom stereocenters. The Morgan fingerprint density at radius 1 is 0.938 bits per heavy atom. The molecule has 0 amide bonds. The lowest BCUT2D eigenvalue weighted by Gasteiger charge is -2.06. The van der Waals surface area contributed by atoms with E-state index in [2.05, 4.69) is 17.1 Å². The van der Waals surface area contributed by atoms with Crippen LogP contribution in [0.5, 0.6) is 0 Å². The SMILES string of the molecule is Cc1nc2ccc(Cl)cc2c2ccccc12. The van der Waals surface area contributed by atoms with Crippen LogP contribution in [0.1, 0.15) is 5.69 Å². The van der Waals surface area contributed by atoms with Crippen LogP contribution in [0, 0.1) is 6.92 Å². The Morgan fingerprint density at radius 3 is 2.50 bits per heavy atom. The predicted molar refractivity (Wildman–Crippen MR) is 69.0 cm³/mol. The molecule has 1 aromatic heterocycles. The fourth-order valence-corrected chi connectivity index (χ4v) is 2.27. The summed E-state index contributed by atoms with van der Waals surface area (Å²) in [5.41, 5.74) is 2.06. The summed E-state index contributed by atoms with van der Waals surface area (Å²) >= 11 is 6.03. The van der Waals surface area contributed by atoms with Gasteiger partial charge in [0.2, 0.25) is 0 Å². The molecule has 0 spiro atoms. The Labute approximate surface area is 98.7 Å². The number of halogens is 1. The van der Waals surface area contributed by atoms with E-state index in [0.29, 0.717) is 0 Å². The van der Waals surface area contributed by atoms with Gasteiger partial charge in [0.1, 0.15) is 0 Å². The molecular weight excluding hydrogens is 218 g/mol. The minimum absolute atomic E-state index is 0.753. The van der Waals surface area contributed by atoms with Crippen molar-refractivity contribution in [1.29, 1.82) is 0 Å². The third-order valence-corrected chi connectivity index (χ3v) is 3.09. The number of rotatable bonds is 0. The second kappa shape index (κ2) is 3.46. The molecule has 1 nitrogen and oxygen atoms in total. The minimum atomic E-state index is 0.753. The highest BCUT2D eigenvalue weighted by Gasteiger charge is 2.04. The number of aromatic nitrogens is 1. The molecule has 78 valence electrons. The van der Waals surface area contributed by atoms with E-state index in [4.69, 9.17) is 11.6 Å². The number of hydrogen-bond donors (Lipinski definition) is 0. The molecule has 16 heavy (non-hydrogen) atoms. The molecule has 1 heterocycles. The summed E-state index contributed by atoms with van der Waals surface area (Å²) in [6.45, 7) is 2.04. The summed E-state index contributed by atoms with van der Waals surface area (Å²) in [4.78, 5) is 4.59. The third-order valence-electron chi connectivity index (χ3n) is 2.85. The first-order chi connectivity index (χ1) is 7.75. The molecule has 3 aromatic rings. The maximum Gasteiger partial charge on any atom is 0.0712 e. The Balaban J connectivity index is 2.61. The normalized spacial score (nSPS) is 11.1. The number of pyridine rings is 1. The van der Waals surface area contributed by atoms with Crippen LogP contribution in [-0.2, 0) is 0 Å². The summed E-state index contributed by atoms with van der Waals surface area (Å²) < 4.78 is 0. The summed E-state index contributed by atoms with van der Waals surface area (Å²) in [6.07, 6.45) is 0. The van der Waals surface area contributed by atoms with Crippen molar-refractivity contribution in [2.45, 2.75) is 6.92 Å². The van der Waals surface area contributed by atoms with Crippen molar-refractivity contribution < 1.29 is 0 Å². The zero-order valence-corrected chi connectivity index (χ0v) is 9.62. The van der Waals surface area contributed by atoms with Crippen LogP contribution in [-0.4, -0.2) is 4.98 Å². The highest BCUT2D eigenvalue weighted by molar-refractivity contribution is 6.31. The Morgan fingerprint density at radius 2 is 1.69 bits per heavy atom. The Hall–Kier alpha value is -1.60. The van der Waals surface area contributed by atoms with Gasteiger partial charge < -0.3 is 0 Å². The summed E-state index contributed by atoms with van der Waals surface area (Å²) in [6, 6.07) is 14.1. The van der Waals surface area contributed by atoms with E-state index in [9.17, 15) is 0 Å². The van der Waals surface area contributed by atoms with Crippen LogP contribution in [0.4, 0.5) is 0 Å². The first-order valence-corrected chi connectivity index (χ1v) is 5.58. The Kier molecular flexibility index (Phi) is 2.08. The van der Waals surface area contributed by atoms with E-state index in [0.717, 1.165) is 21.6 Å². The second-order valence-electron chi connectivity index (χ2n) is 3.90. The van der Waals surface area contributed by atoms with Crippen molar-refractivity contribution in [3.05, 3.63) is 53.2 Å².